The highest BCUT2D eigenvalue weighted by Crippen LogP contribution is 2.40. The third-order valence-corrected chi connectivity index (χ3v) is 4.21. The summed E-state index contributed by atoms with van der Waals surface area (Å²) in [6.45, 7) is 10.2. The van der Waals surface area contributed by atoms with E-state index in [1.165, 1.54) is 0 Å². The highest BCUT2D eigenvalue weighted by Gasteiger charge is 2.53. The summed E-state index contributed by atoms with van der Waals surface area (Å²) in [4.78, 5) is 26.2. The summed E-state index contributed by atoms with van der Waals surface area (Å²) >= 11 is 0. The lowest BCUT2D eigenvalue weighted by Crippen LogP contribution is -2.53. The maximum atomic E-state index is 12.3. The molecular formula is C15H26N2O4. The SMILES string of the molecule is CCOC(=O)[C@]12CCN(C(=O)OC(C)(C)C)C[C@H]1CNC2. The molecule has 0 aliphatic carbocycles. The number of fused-ring (bicyclic) bond motifs is 1. The van der Waals surface area contributed by atoms with E-state index < -0.39 is 11.0 Å². The molecule has 0 aromatic carbocycles. The molecule has 6 heteroatoms. The summed E-state index contributed by atoms with van der Waals surface area (Å²) in [5.41, 5.74) is -0.977. The van der Waals surface area contributed by atoms with Crippen molar-refractivity contribution in [3.63, 3.8) is 0 Å². The van der Waals surface area contributed by atoms with Gasteiger partial charge in [-0.25, -0.2) is 4.79 Å². The van der Waals surface area contributed by atoms with Gasteiger partial charge in [-0.2, -0.15) is 0 Å². The standard InChI is InChI=1S/C15H26N2O4/c1-5-20-12(18)15-6-7-17(9-11(15)8-16-10-15)13(19)21-14(2,3)4/h11,16H,5-10H2,1-4H3/t11-,15+/m1/s1. The average Bonchev–Trinajstić information content (AvgIpc) is 2.80. The van der Waals surface area contributed by atoms with Gasteiger partial charge in [-0.05, 0) is 34.1 Å². The van der Waals surface area contributed by atoms with Gasteiger partial charge in [0.1, 0.15) is 5.60 Å². The van der Waals surface area contributed by atoms with Crippen LogP contribution in [0.1, 0.15) is 34.1 Å². The van der Waals surface area contributed by atoms with Crippen LogP contribution in [-0.2, 0) is 14.3 Å². The van der Waals surface area contributed by atoms with E-state index in [-0.39, 0.29) is 18.0 Å². The molecule has 2 aliphatic rings. The molecule has 2 rings (SSSR count). The van der Waals surface area contributed by atoms with Crippen LogP contribution in [0.4, 0.5) is 4.79 Å². The number of ether oxygens (including phenoxy) is 2. The fraction of sp³-hybridized carbons (Fsp3) is 0.867. The number of rotatable bonds is 2. The lowest BCUT2D eigenvalue weighted by molar-refractivity contribution is -0.160. The molecule has 120 valence electrons. The monoisotopic (exact) mass is 298 g/mol. The van der Waals surface area contributed by atoms with Crippen LogP contribution in [0.15, 0.2) is 0 Å². The molecule has 0 saturated carbocycles. The maximum Gasteiger partial charge on any atom is 0.410 e. The topological polar surface area (TPSA) is 67.9 Å². The predicted octanol–water partition coefficient (Wildman–Crippen LogP) is 1.40. The first-order chi connectivity index (χ1) is 9.78. The van der Waals surface area contributed by atoms with Gasteiger partial charge in [0.25, 0.3) is 0 Å². The number of piperidine rings is 1. The maximum absolute atomic E-state index is 12.3. The number of amides is 1. The highest BCUT2D eigenvalue weighted by molar-refractivity contribution is 5.79. The first-order valence-electron chi connectivity index (χ1n) is 7.64. The van der Waals surface area contributed by atoms with E-state index in [9.17, 15) is 9.59 Å². The summed E-state index contributed by atoms with van der Waals surface area (Å²) in [7, 11) is 0. The van der Waals surface area contributed by atoms with E-state index in [1.807, 2.05) is 27.7 Å². The summed E-state index contributed by atoms with van der Waals surface area (Å²) in [6.07, 6.45) is 0.329. The fourth-order valence-electron chi connectivity index (χ4n) is 3.14. The van der Waals surface area contributed by atoms with E-state index in [0.29, 0.717) is 32.7 Å². The molecule has 2 heterocycles. The Balaban J connectivity index is 2.04. The number of esters is 1. The minimum atomic E-state index is -0.499. The zero-order chi connectivity index (χ0) is 15.7. The van der Waals surface area contributed by atoms with Crippen LogP contribution < -0.4 is 5.32 Å². The summed E-state index contributed by atoms with van der Waals surface area (Å²) in [5, 5.41) is 3.27. The summed E-state index contributed by atoms with van der Waals surface area (Å²) < 4.78 is 10.7. The number of nitrogens with zero attached hydrogens (tertiary/aromatic N) is 1. The van der Waals surface area contributed by atoms with Crippen molar-refractivity contribution in [1.29, 1.82) is 0 Å². The van der Waals surface area contributed by atoms with Gasteiger partial charge >= 0.3 is 12.1 Å². The summed E-state index contributed by atoms with van der Waals surface area (Å²) in [6, 6.07) is 0. The van der Waals surface area contributed by atoms with Gasteiger partial charge < -0.3 is 19.7 Å². The molecule has 2 aliphatic heterocycles. The van der Waals surface area contributed by atoms with Gasteiger partial charge in [0, 0.05) is 32.1 Å². The van der Waals surface area contributed by atoms with Crippen LogP contribution in [0, 0.1) is 11.3 Å². The normalized spacial score (nSPS) is 29.0. The summed E-state index contributed by atoms with van der Waals surface area (Å²) in [5.74, 6) is -0.0401. The zero-order valence-corrected chi connectivity index (χ0v) is 13.4. The van der Waals surface area contributed by atoms with E-state index in [2.05, 4.69) is 5.32 Å². The molecule has 2 saturated heterocycles. The molecule has 0 unspecified atom stereocenters. The number of carbonyl (C=O) groups is 2. The first kappa shape index (κ1) is 16.1. The average molecular weight is 298 g/mol. The fourth-order valence-corrected chi connectivity index (χ4v) is 3.14. The van der Waals surface area contributed by atoms with Crippen molar-refractivity contribution in [2.45, 2.75) is 39.7 Å². The molecular weight excluding hydrogens is 272 g/mol. The van der Waals surface area contributed by atoms with Crippen molar-refractivity contribution in [3.05, 3.63) is 0 Å². The highest BCUT2D eigenvalue weighted by atomic mass is 16.6. The van der Waals surface area contributed by atoms with Crippen molar-refractivity contribution in [3.8, 4) is 0 Å². The molecule has 0 spiro atoms. The van der Waals surface area contributed by atoms with Gasteiger partial charge in [0.15, 0.2) is 0 Å². The van der Waals surface area contributed by atoms with Crippen LogP contribution in [-0.4, -0.2) is 55.3 Å². The van der Waals surface area contributed by atoms with Gasteiger partial charge in [0.05, 0.1) is 12.0 Å². The van der Waals surface area contributed by atoms with Crippen LogP contribution in [0.25, 0.3) is 0 Å². The van der Waals surface area contributed by atoms with E-state index >= 15 is 0 Å². The quantitative estimate of drug-likeness (QED) is 0.780. The van der Waals surface area contributed by atoms with Crippen LogP contribution >= 0.6 is 0 Å². The second-order valence-electron chi connectivity index (χ2n) is 6.88. The van der Waals surface area contributed by atoms with Crippen molar-refractivity contribution < 1.29 is 19.1 Å². The van der Waals surface area contributed by atoms with Crippen molar-refractivity contribution in [2.24, 2.45) is 11.3 Å². The Labute approximate surface area is 126 Å². The van der Waals surface area contributed by atoms with Crippen LogP contribution in [0.5, 0.6) is 0 Å². The van der Waals surface area contributed by atoms with Gasteiger partial charge in [0.2, 0.25) is 0 Å². The third-order valence-electron chi connectivity index (χ3n) is 4.21. The smallest absolute Gasteiger partial charge is 0.410 e. The molecule has 0 aromatic heterocycles. The largest absolute Gasteiger partial charge is 0.466 e. The van der Waals surface area contributed by atoms with Crippen molar-refractivity contribution in [2.75, 3.05) is 32.8 Å². The van der Waals surface area contributed by atoms with Gasteiger partial charge in [-0.15, -0.1) is 0 Å². The van der Waals surface area contributed by atoms with Crippen molar-refractivity contribution in [1.82, 2.24) is 10.2 Å². The van der Waals surface area contributed by atoms with Crippen molar-refractivity contribution >= 4 is 12.1 Å². The van der Waals surface area contributed by atoms with E-state index in [0.717, 1.165) is 6.54 Å². The van der Waals surface area contributed by atoms with Gasteiger partial charge in [-0.1, -0.05) is 0 Å². The molecule has 2 fully saturated rings. The van der Waals surface area contributed by atoms with Crippen LogP contribution in [0.2, 0.25) is 0 Å². The second-order valence-corrected chi connectivity index (χ2v) is 6.88. The van der Waals surface area contributed by atoms with Gasteiger partial charge in [-0.3, -0.25) is 4.79 Å². The lowest BCUT2D eigenvalue weighted by atomic mass is 9.72. The molecule has 1 N–H and O–H groups in total. The Morgan fingerprint density at radius 1 is 1.38 bits per heavy atom. The Bertz CT molecular complexity index is 418. The molecule has 2 atom stereocenters. The number of nitrogens with one attached hydrogen (secondary N) is 1. The number of carbonyl (C=O) groups excluding carboxylic acids is 2. The predicted molar refractivity (Wildman–Crippen MR) is 77.8 cm³/mol. The Hall–Kier alpha value is -1.30. The number of likely N-dealkylation sites (tertiary alicyclic amines) is 1. The molecule has 0 aromatic rings. The first-order valence-corrected chi connectivity index (χ1v) is 7.64. The Morgan fingerprint density at radius 2 is 2.10 bits per heavy atom. The number of hydrogen-bond acceptors (Lipinski definition) is 5. The van der Waals surface area contributed by atoms with Crippen LogP contribution in [0.3, 0.4) is 0 Å². The third kappa shape index (κ3) is 3.31. The number of hydrogen-bond donors (Lipinski definition) is 1. The molecule has 21 heavy (non-hydrogen) atoms. The molecule has 0 bridgehead atoms. The minimum Gasteiger partial charge on any atom is -0.466 e. The zero-order valence-electron chi connectivity index (χ0n) is 13.4. The Morgan fingerprint density at radius 3 is 2.71 bits per heavy atom. The Kier molecular flexibility index (Phi) is 4.46. The van der Waals surface area contributed by atoms with E-state index in [4.69, 9.17) is 9.47 Å². The molecule has 1 amide bonds. The van der Waals surface area contributed by atoms with E-state index in [1.54, 1.807) is 4.90 Å². The molecule has 6 nitrogen and oxygen atoms in total. The lowest BCUT2D eigenvalue weighted by Gasteiger charge is -2.41. The second kappa shape index (κ2) is 5.83. The molecule has 0 radical (unpaired) electrons. The minimum absolute atomic E-state index is 0.0952.